The van der Waals surface area contributed by atoms with Crippen molar-refractivity contribution < 1.29 is 13.2 Å². The number of nitrogens with zero attached hydrogens (tertiary/aromatic N) is 4. The average molecular weight is 471 g/mol. The average Bonchev–Trinajstić information content (AvgIpc) is 3.42. The number of sulfonamides is 1. The molecule has 0 bridgehead atoms. The van der Waals surface area contributed by atoms with Gasteiger partial charge in [-0.05, 0) is 24.6 Å². The van der Waals surface area contributed by atoms with Crippen LogP contribution in [0.15, 0.2) is 69.6 Å². The van der Waals surface area contributed by atoms with Gasteiger partial charge in [-0.2, -0.15) is 0 Å². The number of hydrogen-bond acceptors (Lipinski definition) is 7. The molecule has 0 fully saturated rings. The first-order valence-electron chi connectivity index (χ1n) is 9.96. The molecule has 0 aliphatic carbocycles. The monoisotopic (exact) mass is 470 g/mol. The van der Waals surface area contributed by atoms with Crippen molar-refractivity contribution >= 4 is 39.2 Å². The van der Waals surface area contributed by atoms with E-state index in [2.05, 4.69) is 25.2 Å². The molecular weight excluding hydrogens is 448 g/mol. The van der Waals surface area contributed by atoms with Crippen LogP contribution in [0.1, 0.15) is 12.8 Å². The normalized spacial score (nSPS) is 13.6. The van der Waals surface area contributed by atoms with E-state index in [-0.39, 0.29) is 16.6 Å². The molecule has 2 aromatic carbocycles. The Bertz CT molecular complexity index is 1260. The van der Waals surface area contributed by atoms with Crippen LogP contribution in [0.2, 0.25) is 0 Å². The molecule has 0 saturated carbocycles. The lowest BCUT2D eigenvalue weighted by atomic mass is 10.2. The van der Waals surface area contributed by atoms with Crippen molar-refractivity contribution in [2.24, 2.45) is 12.0 Å². The molecular formula is C21H22N6O3S2. The van der Waals surface area contributed by atoms with Gasteiger partial charge >= 0.3 is 0 Å². The van der Waals surface area contributed by atoms with Gasteiger partial charge in [0.05, 0.1) is 10.6 Å². The fourth-order valence-electron chi connectivity index (χ4n) is 3.18. The van der Waals surface area contributed by atoms with Crippen LogP contribution in [0.3, 0.4) is 0 Å². The molecule has 32 heavy (non-hydrogen) atoms. The number of aliphatic imine (C=N–C) groups is 1. The number of amides is 1. The summed E-state index contributed by atoms with van der Waals surface area (Å²) in [7, 11) is -1.90. The fraction of sp³-hybridized carbons (Fsp3) is 0.238. The third kappa shape index (κ3) is 5.17. The summed E-state index contributed by atoms with van der Waals surface area (Å²) in [6, 6.07) is 15.8. The van der Waals surface area contributed by atoms with Crippen LogP contribution >= 0.6 is 11.8 Å². The van der Waals surface area contributed by atoms with E-state index < -0.39 is 10.0 Å². The number of benzene rings is 2. The number of carbonyl (C=O) groups is 1. The van der Waals surface area contributed by atoms with Gasteiger partial charge in [0.2, 0.25) is 5.91 Å². The molecule has 0 spiro atoms. The van der Waals surface area contributed by atoms with Crippen LogP contribution in [-0.2, 0) is 21.9 Å². The van der Waals surface area contributed by atoms with Gasteiger partial charge in [0, 0.05) is 31.3 Å². The Morgan fingerprint density at radius 3 is 2.69 bits per heavy atom. The van der Waals surface area contributed by atoms with Crippen molar-refractivity contribution in [3.63, 3.8) is 0 Å². The molecule has 1 aliphatic heterocycles. The largest absolute Gasteiger partial charge is 0.325 e. The number of amidine groups is 1. The standard InChI is InChI=1S/C21H22N6O3S2/c1-27-20(15-7-3-2-4-8-15)24-25-21(27)31-14-19(28)23-16-9-5-10-17(13-16)32(29,30)26-18-11-6-12-22-18/h2-5,7-10,13H,6,11-12,14H2,1H3,(H,22,26)(H,23,28). The zero-order chi connectivity index (χ0) is 22.6. The lowest BCUT2D eigenvalue weighted by molar-refractivity contribution is -0.113. The molecule has 4 rings (SSSR count). The van der Waals surface area contributed by atoms with Crippen molar-refractivity contribution in [1.29, 1.82) is 0 Å². The lowest BCUT2D eigenvalue weighted by Crippen LogP contribution is -2.29. The maximum atomic E-state index is 12.6. The van der Waals surface area contributed by atoms with Gasteiger partial charge in [-0.25, -0.2) is 8.42 Å². The van der Waals surface area contributed by atoms with E-state index in [0.717, 1.165) is 12.0 Å². The number of nitrogens with one attached hydrogen (secondary N) is 2. The Labute approximate surface area is 190 Å². The van der Waals surface area contributed by atoms with Crippen molar-refractivity contribution in [2.45, 2.75) is 22.9 Å². The summed E-state index contributed by atoms with van der Waals surface area (Å²) in [6.07, 6.45) is 1.45. The molecule has 1 amide bonds. The second-order valence-corrected chi connectivity index (χ2v) is 9.76. The summed E-state index contributed by atoms with van der Waals surface area (Å²) < 4.78 is 29.5. The van der Waals surface area contributed by atoms with Gasteiger partial charge < -0.3 is 9.88 Å². The molecule has 1 aromatic heterocycles. The van der Waals surface area contributed by atoms with E-state index in [9.17, 15) is 13.2 Å². The Hall–Kier alpha value is -3.18. The lowest BCUT2D eigenvalue weighted by Gasteiger charge is -2.10. The topological polar surface area (TPSA) is 118 Å². The highest BCUT2D eigenvalue weighted by atomic mass is 32.2. The molecule has 11 heteroatoms. The smallest absolute Gasteiger partial charge is 0.262 e. The van der Waals surface area contributed by atoms with Crippen molar-refractivity contribution in [3.8, 4) is 11.4 Å². The third-order valence-electron chi connectivity index (χ3n) is 4.75. The Kier molecular flexibility index (Phi) is 6.56. The first kappa shape index (κ1) is 22.0. The summed E-state index contributed by atoms with van der Waals surface area (Å²) in [4.78, 5) is 16.6. The number of rotatable bonds is 7. The second-order valence-electron chi connectivity index (χ2n) is 7.13. The van der Waals surface area contributed by atoms with E-state index in [1.54, 1.807) is 12.1 Å². The van der Waals surface area contributed by atoms with E-state index >= 15 is 0 Å². The first-order valence-corrected chi connectivity index (χ1v) is 12.4. The number of hydrogen-bond donors (Lipinski definition) is 2. The highest BCUT2D eigenvalue weighted by molar-refractivity contribution is 7.99. The molecule has 0 atom stereocenters. The highest BCUT2D eigenvalue weighted by Crippen LogP contribution is 2.23. The number of carbonyl (C=O) groups excluding carboxylic acids is 1. The van der Waals surface area contributed by atoms with Crippen LogP contribution in [0.4, 0.5) is 5.69 Å². The minimum absolute atomic E-state index is 0.0679. The Morgan fingerprint density at radius 2 is 1.94 bits per heavy atom. The predicted molar refractivity (Wildman–Crippen MR) is 124 cm³/mol. The van der Waals surface area contributed by atoms with E-state index in [1.165, 1.54) is 23.9 Å². The maximum Gasteiger partial charge on any atom is 0.262 e. The van der Waals surface area contributed by atoms with Crippen LogP contribution in [-0.4, -0.2) is 47.2 Å². The molecule has 2 N–H and O–H groups in total. The van der Waals surface area contributed by atoms with Gasteiger partial charge in [-0.3, -0.25) is 14.5 Å². The van der Waals surface area contributed by atoms with Gasteiger partial charge in [0.15, 0.2) is 11.0 Å². The molecule has 0 unspecified atom stereocenters. The molecule has 1 aliphatic rings. The third-order valence-corrected chi connectivity index (χ3v) is 7.15. The summed E-state index contributed by atoms with van der Waals surface area (Å²) in [5.41, 5.74) is 1.34. The van der Waals surface area contributed by atoms with Gasteiger partial charge in [0.1, 0.15) is 5.84 Å². The van der Waals surface area contributed by atoms with E-state index in [4.69, 9.17) is 0 Å². The first-order chi connectivity index (χ1) is 15.4. The zero-order valence-corrected chi connectivity index (χ0v) is 19.0. The number of aromatic nitrogens is 3. The van der Waals surface area contributed by atoms with Crippen LogP contribution < -0.4 is 10.0 Å². The molecule has 0 saturated heterocycles. The number of thioether (sulfide) groups is 1. The van der Waals surface area contributed by atoms with Crippen molar-refractivity contribution in [3.05, 3.63) is 54.6 Å². The minimum Gasteiger partial charge on any atom is -0.325 e. The molecule has 2 heterocycles. The zero-order valence-electron chi connectivity index (χ0n) is 17.4. The minimum atomic E-state index is -3.75. The van der Waals surface area contributed by atoms with Gasteiger partial charge in [-0.15, -0.1) is 10.2 Å². The van der Waals surface area contributed by atoms with Crippen LogP contribution in [0, 0.1) is 0 Å². The van der Waals surface area contributed by atoms with E-state index in [0.29, 0.717) is 35.5 Å². The highest BCUT2D eigenvalue weighted by Gasteiger charge is 2.19. The SMILES string of the molecule is Cn1c(SCC(=O)Nc2cccc(S(=O)(=O)NC3=NCCC3)c2)nnc1-c1ccccc1. The fourth-order valence-corrected chi connectivity index (χ4v) is 5.03. The molecule has 0 radical (unpaired) electrons. The summed E-state index contributed by atoms with van der Waals surface area (Å²) in [5, 5.41) is 11.7. The van der Waals surface area contributed by atoms with Crippen molar-refractivity contribution in [2.75, 3.05) is 17.6 Å². The predicted octanol–water partition coefficient (Wildman–Crippen LogP) is 2.68. The van der Waals surface area contributed by atoms with Gasteiger partial charge in [0.25, 0.3) is 10.0 Å². The van der Waals surface area contributed by atoms with E-state index in [1.807, 2.05) is 41.9 Å². The van der Waals surface area contributed by atoms with Crippen LogP contribution in [0.25, 0.3) is 11.4 Å². The summed E-state index contributed by atoms with van der Waals surface area (Å²) in [6.45, 7) is 0.629. The molecule has 9 nitrogen and oxygen atoms in total. The van der Waals surface area contributed by atoms with Gasteiger partial charge in [-0.1, -0.05) is 48.2 Å². The maximum absolute atomic E-state index is 12.6. The summed E-state index contributed by atoms with van der Waals surface area (Å²) >= 11 is 1.25. The summed E-state index contributed by atoms with van der Waals surface area (Å²) in [5.74, 6) is 1.01. The molecule has 3 aromatic rings. The Balaban J connectivity index is 1.38. The molecule has 166 valence electrons. The van der Waals surface area contributed by atoms with Crippen LogP contribution in [0.5, 0.6) is 0 Å². The Morgan fingerprint density at radius 1 is 1.12 bits per heavy atom. The quantitative estimate of drug-likeness (QED) is 0.513. The second kappa shape index (κ2) is 9.53. The van der Waals surface area contributed by atoms with Crippen molar-refractivity contribution in [1.82, 2.24) is 19.5 Å². The number of anilines is 1.